The summed E-state index contributed by atoms with van der Waals surface area (Å²) in [5.41, 5.74) is 6.64. The molecule has 0 saturated heterocycles. The number of benzene rings is 1. The minimum absolute atomic E-state index is 0. The van der Waals surface area contributed by atoms with Crippen LogP contribution in [0.25, 0.3) is 0 Å². The highest BCUT2D eigenvalue weighted by atomic mass is 35.5. The Labute approximate surface area is 153 Å². The van der Waals surface area contributed by atoms with Gasteiger partial charge >= 0.3 is 0 Å². The number of amides is 2. The molecule has 1 aromatic carbocycles. The Bertz CT molecular complexity index is 624. The Morgan fingerprint density at radius 2 is 2.12 bits per heavy atom. The van der Waals surface area contributed by atoms with Crippen LogP contribution in [-0.2, 0) is 4.79 Å². The number of hydrogen-bond acceptors (Lipinski definition) is 4. The minimum Gasteiger partial charge on any atom is -0.346 e. The Morgan fingerprint density at radius 3 is 2.71 bits per heavy atom. The van der Waals surface area contributed by atoms with Gasteiger partial charge in [-0.25, -0.2) is 0 Å². The lowest BCUT2D eigenvalue weighted by atomic mass is 9.90. The topological polar surface area (TPSA) is 84.2 Å². The summed E-state index contributed by atoms with van der Waals surface area (Å²) in [6.45, 7) is 8.41. The standard InChI is InChI=1S/C17H25N3O2S.ClH/c1-10(2)8-17(4,9-18)20-16(22)12-5-6-14-13(7-12)19-15(21)11(3)23-14;/h5-7,10-11H,8-9,18H2,1-4H3,(H,19,21)(H,20,22);1H. The first kappa shape index (κ1) is 20.8. The van der Waals surface area contributed by atoms with E-state index in [0.717, 1.165) is 11.3 Å². The van der Waals surface area contributed by atoms with Crippen LogP contribution in [0.2, 0.25) is 0 Å². The Kier molecular flexibility index (Phi) is 7.13. The first-order chi connectivity index (χ1) is 10.7. The van der Waals surface area contributed by atoms with Crippen LogP contribution in [-0.4, -0.2) is 29.1 Å². The zero-order valence-electron chi connectivity index (χ0n) is 14.5. The van der Waals surface area contributed by atoms with Crippen LogP contribution in [0.3, 0.4) is 0 Å². The predicted octanol–water partition coefficient (Wildman–Crippen LogP) is 3.03. The maximum atomic E-state index is 12.5. The van der Waals surface area contributed by atoms with E-state index in [1.807, 2.05) is 19.9 Å². The number of carbonyl (C=O) groups excluding carboxylic acids is 2. The largest absolute Gasteiger partial charge is 0.346 e. The number of thioether (sulfide) groups is 1. The molecular weight excluding hydrogens is 346 g/mol. The van der Waals surface area contributed by atoms with E-state index in [9.17, 15) is 9.59 Å². The third kappa shape index (κ3) is 4.88. The minimum atomic E-state index is -0.437. The first-order valence-electron chi connectivity index (χ1n) is 7.88. The molecule has 0 radical (unpaired) electrons. The number of halogens is 1. The van der Waals surface area contributed by atoms with Crippen molar-refractivity contribution >= 4 is 41.7 Å². The van der Waals surface area contributed by atoms with Crippen molar-refractivity contribution in [2.75, 3.05) is 11.9 Å². The molecule has 134 valence electrons. The average molecular weight is 372 g/mol. The summed E-state index contributed by atoms with van der Waals surface area (Å²) in [6.07, 6.45) is 0.810. The van der Waals surface area contributed by atoms with Gasteiger partial charge in [0.25, 0.3) is 5.91 Å². The van der Waals surface area contributed by atoms with Gasteiger partial charge in [-0.3, -0.25) is 9.59 Å². The van der Waals surface area contributed by atoms with Gasteiger partial charge in [-0.1, -0.05) is 13.8 Å². The number of nitrogens with one attached hydrogen (secondary N) is 2. The summed E-state index contributed by atoms with van der Waals surface area (Å²) in [5, 5.41) is 5.77. The van der Waals surface area contributed by atoms with E-state index in [2.05, 4.69) is 24.5 Å². The first-order valence-corrected chi connectivity index (χ1v) is 8.76. The van der Waals surface area contributed by atoms with Gasteiger partial charge in [0.2, 0.25) is 5.91 Å². The number of carbonyl (C=O) groups is 2. The van der Waals surface area contributed by atoms with Gasteiger partial charge in [-0.05, 0) is 44.4 Å². The van der Waals surface area contributed by atoms with Gasteiger partial charge in [0, 0.05) is 22.5 Å². The molecule has 4 N–H and O–H groups in total. The lowest BCUT2D eigenvalue weighted by molar-refractivity contribution is -0.115. The van der Waals surface area contributed by atoms with E-state index in [4.69, 9.17) is 5.73 Å². The number of hydrogen-bond donors (Lipinski definition) is 3. The maximum absolute atomic E-state index is 12.5. The van der Waals surface area contributed by atoms with E-state index in [1.165, 1.54) is 11.8 Å². The molecule has 0 aromatic heterocycles. The van der Waals surface area contributed by atoms with Gasteiger partial charge in [0.1, 0.15) is 0 Å². The van der Waals surface area contributed by atoms with Crippen molar-refractivity contribution in [3.8, 4) is 0 Å². The molecule has 0 aliphatic carbocycles. The fourth-order valence-corrected chi connectivity index (χ4v) is 3.71. The van der Waals surface area contributed by atoms with Crippen molar-refractivity contribution < 1.29 is 9.59 Å². The molecule has 1 aromatic rings. The second kappa shape index (κ2) is 8.23. The average Bonchev–Trinajstić information content (AvgIpc) is 2.47. The van der Waals surface area contributed by atoms with Crippen LogP contribution in [0, 0.1) is 5.92 Å². The third-order valence-corrected chi connectivity index (χ3v) is 5.07. The van der Waals surface area contributed by atoms with E-state index < -0.39 is 5.54 Å². The van der Waals surface area contributed by atoms with Gasteiger partial charge in [0.05, 0.1) is 10.9 Å². The van der Waals surface area contributed by atoms with Crippen molar-refractivity contribution in [1.29, 1.82) is 0 Å². The maximum Gasteiger partial charge on any atom is 0.251 e. The van der Waals surface area contributed by atoms with Gasteiger partial charge in [-0.15, -0.1) is 24.2 Å². The fourth-order valence-electron chi connectivity index (χ4n) is 2.78. The molecule has 0 spiro atoms. The molecule has 5 nitrogen and oxygen atoms in total. The smallest absolute Gasteiger partial charge is 0.251 e. The van der Waals surface area contributed by atoms with Gasteiger partial charge in [0.15, 0.2) is 0 Å². The van der Waals surface area contributed by atoms with Gasteiger partial charge < -0.3 is 16.4 Å². The van der Waals surface area contributed by atoms with Crippen LogP contribution in [0.15, 0.2) is 23.1 Å². The number of rotatable bonds is 5. The quantitative estimate of drug-likeness (QED) is 0.742. The molecule has 0 fully saturated rings. The van der Waals surface area contributed by atoms with Crippen molar-refractivity contribution in [3.05, 3.63) is 23.8 Å². The van der Waals surface area contributed by atoms with E-state index >= 15 is 0 Å². The molecule has 2 amide bonds. The normalized spacial score (nSPS) is 18.9. The predicted molar refractivity (Wildman–Crippen MR) is 102 cm³/mol. The van der Waals surface area contributed by atoms with Crippen molar-refractivity contribution in [2.45, 2.75) is 49.8 Å². The van der Waals surface area contributed by atoms with Crippen LogP contribution in [0.4, 0.5) is 5.69 Å². The number of fused-ring (bicyclic) bond motifs is 1. The molecule has 2 unspecified atom stereocenters. The number of anilines is 1. The molecule has 2 rings (SSSR count). The van der Waals surface area contributed by atoms with Crippen LogP contribution < -0.4 is 16.4 Å². The van der Waals surface area contributed by atoms with E-state index in [-0.39, 0.29) is 29.5 Å². The lowest BCUT2D eigenvalue weighted by Gasteiger charge is -2.31. The lowest BCUT2D eigenvalue weighted by Crippen LogP contribution is -2.52. The molecular formula is C17H26ClN3O2S. The zero-order chi connectivity index (χ0) is 17.2. The Morgan fingerprint density at radius 1 is 1.46 bits per heavy atom. The van der Waals surface area contributed by atoms with Crippen molar-refractivity contribution in [3.63, 3.8) is 0 Å². The molecule has 0 saturated carbocycles. The summed E-state index contributed by atoms with van der Waals surface area (Å²) in [7, 11) is 0. The highest BCUT2D eigenvalue weighted by Crippen LogP contribution is 2.36. The SMILES string of the molecule is CC(C)CC(C)(CN)NC(=O)c1ccc2c(c1)NC(=O)C(C)S2.Cl. The highest BCUT2D eigenvalue weighted by molar-refractivity contribution is 8.00. The third-order valence-electron chi connectivity index (χ3n) is 3.90. The van der Waals surface area contributed by atoms with Crippen LogP contribution >= 0.6 is 24.2 Å². The Hall–Kier alpha value is -1.24. The monoisotopic (exact) mass is 371 g/mol. The van der Waals surface area contributed by atoms with Crippen molar-refractivity contribution in [1.82, 2.24) is 5.32 Å². The van der Waals surface area contributed by atoms with Crippen LogP contribution in [0.5, 0.6) is 0 Å². The Balaban J connectivity index is 0.00000288. The summed E-state index contributed by atoms with van der Waals surface area (Å²) < 4.78 is 0. The molecule has 7 heteroatoms. The molecule has 1 aliphatic heterocycles. The van der Waals surface area contributed by atoms with Gasteiger partial charge in [-0.2, -0.15) is 0 Å². The summed E-state index contributed by atoms with van der Waals surface area (Å²) in [4.78, 5) is 25.3. The molecule has 1 aliphatic rings. The number of nitrogens with two attached hydrogens (primary N) is 1. The zero-order valence-corrected chi connectivity index (χ0v) is 16.1. The summed E-state index contributed by atoms with van der Waals surface area (Å²) in [5.74, 6) is 0.232. The van der Waals surface area contributed by atoms with Crippen molar-refractivity contribution in [2.24, 2.45) is 11.7 Å². The summed E-state index contributed by atoms with van der Waals surface area (Å²) >= 11 is 1.50. The molecule has 0 bridgehead atoms. The highest BCUT2D eigenvalue weighted by Gasteiger charge is 2.28. The second-order valence-electron chi connectivity index (χ2n) is 6.78. The second-order valence-corrected chi connectivity index (χ2v) is 8.16. The molecule has 2 atom stereocenters. The van der Waals surface area contributed by atoms with E-state index in [1.54, 1.807) is 12.1 Å². The molecule has 24 heavy (non-hydrogen) atoms. The van der Waals surface area contributed by atoms with E-state index in [0.29, 0.717) is 23.7 Å². The fraction of sp³-hybridized carbons (Fsp3) is 0.529. The molecule has 1 heterocycles. The van der Waals surface area contributed by atoms with Crippen LogP contribution in [0.1, 0.15) is 44.5 Å². The summed E-state index contributed by atoms with van der Waals surface area (Å²) in [6, 6.07) is 5.40.